The highest BCUT2D eigenvalue weighted by atomic mass is 15.1. The van der Waals surface area contributed by atoms with Gasteiger partial charge in [-0.1, -0.05) is 253 Å². The smallest absolute Gasteiger partial charge is 0.329 e. The summed E-state index contributed by atoms with van der Waals surface area (Å²) in [6.45, 7) is -0.0399. The van der Waals surface area contributed by atoms with Crippen molar-refractivity contribution in [1.29, 1.82) is 0 Å². The van der Waals surface area contributed by atoms with E-state index in [2.05, 4.69) is 287 Å². The SMILES string of the molecule is c1ccc2c(c1)B1c3ccc(B(c4ccc5c(c4)-c4ccccc4N4B5c5ccccc5-c5ccccc54)c4ccc5c(c4)-c4ccccc4B4c6ccccc6-c6ccccc6N45)cc3-c3ccccc3N1c1ccccc1-2. The van der Waals surface area contributed by atoms with E-state index in [0.717, 1.165) is 0 Å². The summed E-state index contributed by atoms with van der Waals surface area (Å²) in [6.07, 6.45) is 0. The fraction of sp³-hybridized carbons (Fsp3) is 0. The molecular weight excluding hydrogens is 950 g/mol. The third kappa shape index (κ3) is 5.97. The van der Waals surface area contributed by atoms with Crippen molar-refractivity contribution in [2.75, 3.05) is 14.4 Å². The highest BCUT2D eigenvalue weighted by Gasteiger charge is 2.46. The van der Waals surface area contributed by atoms with E-state index in [-0.39, 0.29) is 27.3 Å². The van der Waals surface area contributed by atoms with Gasteiger partial charge in [0.2, 0.25) is 6.71 Å². The van der Waals surface area contributed by atoms with Crippen molar-refractivity contribution in [3.63, 3.8) is 0 Å². The molecule has 0 spiro atoms. The minimum Gasteiger partial charge on any atom is -0.376 e. The van der Waals surface area contributed by atoms with Gasteiger partial charge in [-0.05, 0) is 103 Å². The van der Waals surface area contributed by atoms with E-state index in [1.807, 2.05) is 0 Å². The van der Waals surface area contributed by atoms with Gasteiger partial charge < -0.3 is 14.4 Å². The van der Waals surface area contributed by atoms with E-state index >= 15 is 0 Å². The lowest BCUT2D eigenvalue weighted by Crippen LogP contribution is -2.61. The summed E-state index contributed by atoms with van der Waals surface area (Å²) in [5.41, 5.74) is 34.7. The average molecular weight is 995 g/mol. The van der Waals surface area contributed by atoms with Crippen molar-refractivity contribution in [1.82, 2.24) is 0 Å². The van der Waals surface area contributed by atoms with E-state index in [1.165, 1.54) is 150 Å². The number of para-hydroxylation sites is 5. The molecule has 12 aromatic carbocycles. The number of rotatable bonds is 3. The maximum Gasteiger partial charge on any atom is 0.329 e. The van der Waals surface area contributed by atoms with Crippen LogP contribution < -0.4 is 63.6 Å². The number of hydrogen-bond donors (Lipinski definition) is 0. The molecule has 0 bridgehead atoms. The van der Waals surface area contributed by atoms with Gasteiger partial charge in [0.25, 0.3) is 0 Å². The Balaban J connectivity index is 0.873. The second-order valence-corrected chi connectivity index (χ2v) is 22.2. The molecule has 0 amide bonds. The number of hydrogen-bond acceptors (Lipinski definition) is 3. The van der Waals surface area contributed by atoms with Crippen molar-refractivity contribution in [3.8, 4) is 66.8 Å². The third-order valence-corrected chi connectivity index (χ3v) is 18.4. The molecule has 6 aliphatic heterocycles. The number of fused-ring (bicyclic) bond motifs is 33. The highest BCUT2D eigenvalue weighted by molar-refractivity contribution is 6.97. The lowest BCUT2D eigenvalue weighted by atomic mass is 9.35. The number of anilines is 6. The zero-order valence-electron chi connectivity index (χ0n) is 43.1. The molecule has 0 N–H and O–H groups in total. The Hall–Kier alpha value is -9.70. The van der Waals surface area contributed by atoms with Crippen LogP contribution in [0.25, 0.3) is 66.8 Å². The van der Waals surface area contributed by atoms with Crippen LogP contribution in [0, 0.1) is 0 Å². The number of benzene rings is 12. The minimum atomic E-state index is -0.116. The summed E-state index contributed by atoms with van der Waals surface area (Å²) in [5, 5.41) is 0. The van der Waals surface area contributed by atoms with Crippen LogP contribution in [0.5, 0.6) is 0 Å². The molecule has 6 aliphatic rings. The number of nitrogens with zero attached hydrogens (tertiary/aromatic N) is 3. The first kappa shape index (κ1) is 43.4. The molecule has 7 heteroatoms. The Morgan fingerprint density at radius 2 is 0.418 bits per heavy atom. The molecule has 0 aromatic heterocycles. The van der Waals surface area contributed by atoms with Gasteiger partial charge in [0.1, 0.15) is 0 Å². The second-order valence-electron chi connectivity index (χ2n) is 22.2. The lowest BCUT2D eigenvalue weighted by Gasteiger charge is -2.44. The molecule has 0 fully saturated rings. The fourth-order valence-electron chi connectivity index (χ4n) is 15.2. The van der Waals surface area contributed by atoms with E-state index in [9.17, 15) is 0 Å². The second kappa shape index (κ2) is 16.4. The topological polar surface area (TPSA) is 9.72 Å². The largest absolute Gasteiger partial charge is 0.376 e. The quantitative estimate of drug-likeness (QED) is 0.163. The fourth-order valence-corrected chi connectivity index (χ4v) is 15.2. The Kier molecular flexibility index (Phi) is 9.02. The van der Waals surface area contributed by atoms with Gasteiger partial charge >= 0.3 is 20.5 Å². The van der Waals surface area contributed by atoms with E-state index < -0.39 is 0 Å². The highest BCUT2D eigenvalue weighted by Crippen LogP contribution is 2.49. The Morgan fingerprint density at radius 1 is 0.190 bits per heavy atom. The molecule has 0 unspecified atom stereocenters. The first-order chi connectivity index (χ1) is 39.2. The van der Waals surface area contributed by atoms with Gasteiger partial charge in [0.05, 0.1) is 0 Å². The lowest BCUT2D eigenvalue weighted by molar-refractivity contribution is 1.35. The summed E-state index contributed by atoms with van der Waals surface area (Å²) in [6, 6.07) is 104. The van der Waals surface area contributed by atoms with Gasteiger partial charge in [-0.15, -0.1) is 0 Å². The molecule has 360 valence electrons. The van der Waals surface area contributed by atoms with Gasteiger partial charge in [0.15, 0.2) is 0 Å². The molecule has 0 saturated heterocycles. The first-order valence-electron chi connectivity index (χ1n) is 27.9. The maximum absolute atomic E-state index is 2.62. The molecule has 0 radical (unpaired) electrons. The molecule has 0 aliphatic carbocycles. The Bertz CT molecular complexity index is 4140. The molecule has 3 nitrogen and oxygen atoms in total. The van der Waals surface area contributed by atoms with Gasteiger partial charge in [0, 0.05) is 67.5 Å². The van der Waals surface area contributed by atoms with Crippen LogP contribution >= 0.6 is 0 Å². The zero-order valence-corrected chi connectivity index (χ0v) is 43.1. The van der Waals surface area contributed by atoms with Gasteiger partial charge in [-0.3, -0.25) is 0 Å². The monoisotopic (exact) mass is 995 g/mol. The van der Waals surface area contributed by atoms with Crippen molar-refractivity contribution in [2.45, 2.75) is 0 Å². The van der Waals surface area contributed by atoms with E-state index in [1.54, 1.807) is 0 Å². The summed E-state index contributed by atoms with van der Waals surface area (Å²) >= 11 is 0. The van der Waals surface area contributed by atoms with Gasteiger partial charge in [-0.25, -0.2) is 0 Å². The van der Waals surface area contributed by atoms with Crippen LogP contribution in [0.15, 0.2) is 273 Å². The third-order valence-electron chi connectivity index (χ3n) is 18.4. The zero-order chi connectivity index (χ0) is 51.4. The molecule has 0 saturated carbocycles. The molecule has 6 heterocycles. The van der Waals surface area contributed by atoms with Crippen molar-refractivity contribution >= 4 is 111 Å². The Labute approximate surface area is 462 Å². The Morgan fingerprint density at radius 3 is 0.759 bits per heavy atom. The van der Waals surface area contributed by atoms with E-state index in [0.29, 0.717) is 0 Å². The van der Waals surface area contributed by atoms with Crippen molar-refractivity contribution in [3.05, 3.63) is 273 Å². The summed E-state index contributed by atoms with van der Waals surface area (Å²) < 4.78 is 0. The van der Waals surface area contributed by atoms with Crippen molar-refractivity contribution in [2.24, 2.45) is 0 Å². The first-order valence-corrected chi connectivity index (χ1v) is 27.9. The maximum atomic E-state index is 2.62. The van der Waals surface area contributed by atoms with E-state index in [4.69, 9.17) is 0 Å². The predicted octanol–water partition coefficient (Wildman–Crippen LogP) is 10.9. The average Bonchev–Trinajstić information content (AvgIpc) is 3.60. The van der Waals surface area contributed by atoms with Crippen LogP contribution in [0.1, 0.15) is 0 Å². The summed E-state index contributed by atoms with van der Waals surface area (Å²) in [4.78, 5) is 7.82. The predicted molar refractivity (Wildman–Crippen MR) is 337 cm³/mol. The normalized spacial score (nSPS) is 13.7. The summed E-state index contributed by atoms with van der Waals surface area (Å²) in [5.74, 6) is 0. The molecule has 18 rings (SSSR count). The molecule has 79 heavy (non-hydrogen) atoms. The van der Waals surface area contributed by atoms with Crippen LogP contribution in [0.3, 0.4) is 0 Å². The standard InChI is InChI=1S/C72H45B4N3/c1-10-28-61-49(19-1)55-25-7-16-34-69(55)79-72-42-39-48(45-60(72)52-22-4-13-31-64(52)74(61)79)73(46-37-40-65-58(43-46)56-26-8-17-35-70(56)77-67-32-14-5-23-53(67)50-20-2-11-29-62(50)75(65)77)47-38-41-66-59(44-47)57-27-9-18-36-71(57)78-68-33-15-6-24-54(68)51-21-3-12-30-63(51)76(66)78/h1-45H. The van der Waals surface area contributed by atoms with Crippen LogP contribution in [-0.2, 0) is 0 Å². The minimum absolute atomic E-state index is 0.0148. The summed E-state index contributed by atoms with van der Waals surface area (Å²) in [7, 11) is 0. The molecular formula is C72H45B4N3. The van der Waals surface area contributed by atoms with Crippen molar-refractivity contribution < 1.29 is 0 Å². The molecule has 12 aromatic rings. The van der Waals surface area contributed by atoms with Crippen LogP contribution in [0.2, 0.25) is 0 Å². The van der Waals surface area contributed by atoms with Crippen LogP contribution in [0.4, 0.5) is 34.1 Å². The van der Waals surface area contributed by atoms with Crippen LogP contribution in [-0.4, -0.2) is 27.3 Å². The van der Waals surface area contributed by atoms with Gasteiger partial charge in [-0.2, -0.15) is 0 Å². The molecule has 0 atom stereocenters.